The molecule has 1 rings (SSSR count). The predicted octanol–water partition coefficient (Wildman–Crippen LogP) is -0.385. The first-order chi connectivity index (χ1) is 7.15. The van der Waals surface area contributed by atoms with Crippen molar-refractivity contribution in [3.8, 4) is 0 Å². The highest BCUT2D eigenvalue weighted by molar-refractivity contribution is 5.81. The molecule has 0 aliphatic heterocycles. The molecule has 5 heteroatoms. The van der Waals surface area contributed by atoms with E-state index in [1.807, 2.05) is 29.9 Å². The Morgan fingerprint density at radius 2 is 2.47 bits per heavy atom. The molecule has 0 aliphatic carbocycles. The Kier molecular flexibility index (Phi) is 4.33. The molecule has 1 heterocycles. The molecular weight excluding hydrogens is 194 g/mol. The minimum atomic E-state index is -0.602. The Bertz CT molecular complexity index is 322. The van der Waals surface area contributed by atoms with Crippen LogP contribution in [0.25, 0.3) is 0 Å². The van der Waals surface area contributed by atoms with Crippen LogP contribution in [0.3, 0.4) is 0 Å². The van der Waals surface area contributed by atoms with Crippen LogP contribution >= 0.6 is 0 Å². The van der Waals surface area contributed by atoms with E-state index in [0.717, 1.165) is 5.69 Å². The third-order valence-corrected chi connectivity index (χ3v) is 2.18. The minimum Gasteiger partial charge on any atom is -0.383 e. The molecule has 1 unspecified atom stereocenters. The number of nitrogens with two attached hydrogens (primary N) is 1. The number of carbonyl (C=O) groups is 1. The van der Waals surface area contributed by atoms with E-state index < -0.39 is 6.04 Å². The van der Waals surface area contributed by atoms with Gasteiger partial charge in [-0.15, -0.1) is 0 Å². The molecule has 0 saturated carbocycles. The molecule has 1 aromatic rings. The number of methoxy groups -OCH3 is 1. The molecule has 84 valence electrons. The van der Waals surface area contributed by atoms with Gasteiger partial charge in [0.15, 0.2) is 0 Å². The van der Waals surface area contributed by atoms with Gasteiger partial charge in [0.2, 0.25) is 5.91 Å². The second-order valence-corrected chi connectivity index (χ2v) is 3.39. The normalized spacial score (nSPS) is 12.5. The van der Waals surface area contributed by atoms with Gasteiger partial charge in [-0.1, -0.05) is 0 Å². The third-order valence-electron chi connectivity index (χ3n) is 2.18. The van der Waals surface area contributed by atoms with E-state index in [1.54, 1.807) is 0 Å². The van der Waals surface area contributed by atoms with Crippen molar-refractivity contribution in [2.24, 2.45) is 12.8 Å². The smallest absolute Gasteiger partial charge is 0.239 e. The van der Waals surface area contributed by atoms with Crippen molar-refractivity contribution >= 4 is 5.91 Å². The van der Waals surface area contributed by atoms with Crippen molar-refractivity contribution in [1.82, 2.24) is 9.88 Å². The quantitative estimate of drug-likeness (QED) is 0.697. The van der Waals surface area contributed by atoms with Crippen molar-refractivity contribution in [3.63, 3.8) is 0 Å². The predicted molar refractivity (Wildman–Crippen MR) is 57.1 cm³/mol. The molecule has 0 radical (unpaired) electrons. The summed E-state index contributed by atoms with van der Waals surface area (Å²) in [5.74, 6) is -0.196. The van der Waals surface area contributed by atoms with Gasteiger partial charge in [0, 0.05) is 26.0 Å². The van der Waals surface area contributed by atoms with E-state index in [2.05, 4.69) is 5.32 Å². The molecule has 0 aliphatic rings. The molecule has 0 aromatic carbocycles. The summed E-state index contributed by atoms with van der Waals surface area (Å²) >= 11 is 0. The Labute approximate surface area is 89.2 Å². The fourth-order valence-electron chi connectivity index (χ4n) is 1.24. The van der Waals surface area contributed by atoms with E-state index in [1.165, 1.54) is 7.11 Å². The number of aryl methyl sites for hydroxylation is 1. The summed E-state index contributed by atoms with van der Waals surface area (Å²) in [6, 6.07) is 3.27. The maximum atomic E-state index is 11.4. The largest absolute Gasteiger partial charge is 0.383 e. The molecule has 3 N–H and O–H groups in total. The number of nitrogens with one attached hydrogen (secondary N) is 1. The monoisotopic (exact) mass is 211 g/mol. The summed E-state index contributed by atoms with van der Waals surface area (Å²) in [5.41, 5.74) is 6.60. The van der Waals surface area contributed by atoms with Crippen molar-refractivity contribution in [3.05, 3.63) is 24.0 Å². The molecule has 0 saturated heterocycles. The lowest BCUT2D eigenvalue weighted by Gasteiger charge is -2.11. The Balaban J connectivity index is 2.37. The zero-order valence-electron chi connectivity index (χ0n) is 9.06. The summed E-state index contributed by atoms with van der Waals surface area (Å²) in [4.78, 5) is 11.4. The van der Waals surface area contributed by atoms with Crippen LogP contribution in [0, 0.1) is 0 Å². The van der Waals surface area contributed by atoms with E-state index in [4.69, 9.17) is 10.5 Å². The fraction of sp³-hybridized carbons (Fsp3) is 0.500. The zero-order valence-corrected chi connectivity index (χ0v) is 9.06. The molecule has 0 spiro atoms. The molecule has 1 aromatic heterocycles. The number of nitrogens with zero attached hydrogens (tertiary/aromatic N) is 1. The fourth-order valence-corrected chi connectivity index (χ4v) is 1.24. The van der Waals surface area contributed by atoms with Crippen LogP contribution in [0.4, 0.5) is 0 Å². The summed E-state index contributed by atoms with van der Waals surface area (Å²) in [7, 11) is 3.45. The standard InChI is InChI=1S/C10H17N3O2/c1-13-5-3-4-8(13)6-12-10(14)9(11)7-15-2/h3-5,9H,6-7,11H2,1-2H3,(H,12,14). The van der Waals surface area contributed by atoms with Crippen LogP contribution in [-0.4, -0.2) is 30.2 Å². The molecular formula is C10H17N3O2. The number of rotatable bonds is 5. The van der Waals surface area contributed by atoms with Gasteiger partial charge in [-0.2, -0.15) is 0 Å². The third kappa shape index (κ3) is 3.38. The molecule has 1 amide bonds. The van der Waals surface area contributed by atoms with Crippen molar-refractivity contribution in [2.75, 3.05) is 13.7 Å². The number of amides is 1. The second-order valence-electron chi connectivity index (χ2n) is 3.39. The Morgan fingerprint density at radius 1 is 1.73 bits per heavy atom. The van der Waals surface area contributed by atoms with Crippen molar-refractivity contribution < 1.29 is 9.53 Å². The first kappa shape index (κ1) is 11.7. The summed E-state index contributed by atoms with van der Waals surface area (Å²) in [6.45, 7) is 0.721. The summed E-state index contributed by atoms with van der Waals surface area (Å²) < 4.78 is 6.74. The zero-order chi connectivity index (χ0) is 11.3. The number of hydrogen-bond donors (Lipinski definition) is 2. The van der Waals surface area contributed by atoms with Crippen LogP contribution < -0.4 is 11.1 Å². The minimum absolute atomic E-state index is 0.196. The van der Waals surface area contributed by atoms with Gasteiger partial charge in [0.05, 0.1) is 13.2 Å². The lowest BCUT2D eigenvalue weighted by Crippen LogP contribution is -2.43. The summed E-state index contributed by atoms with van der Waals surface area (Å²) in [5, 5.41) is 2.75. The van der Waals surface area contributed by atoms with Crippen LogP contribution in [0.1, 0.15) is 5.69 Å². The number of carbonyl (C=O) groups excluding carboxylic acids is 1. The van der Waals surface area contributed by atoms with Gasteiger partial charge in [-0.25, -0.2) is 0 Å². The van der Waals surface area contributed by atoms with Crippen LogP contribution in [0.15, 0.2) is 18.3 Å². The summed E-state index contributed by atoms with van der Waals surface area (Å²) in [6.07, 6.45) is 1.93. The first-order valence-electron chi connectivity index (χ1n) is 4.77. The Morgan fingerprint density at radius 3 is 3.00 bits per heavy atom. The van der Waals surface area contributed by atoms with Crippen molar-refractivity contribution in [2.45, 2.75) is 12.6 Å². The van der Waals surface area contributed by atoms with Crippen molar-refractivity contribution in [1.29, 1.82) is 0 Å². The lowest BCUT2D eigenvalue weighted by molar-refractivity contribution is -0.123. The van der Waals surface area contributed by atoms with Gasteiger partial charge >= 0.3 is 0 Å². The van der Waals surface area contributed by atoms with Gasteiger partial charge in [-0.3, -0.25) is 4.79 Å². The molecule has 0 bridgehead atoms. The molecule has 1 atom stereocenters. The van der Waals surface area contributed by atoms with E-state index >= 15 is 0 Å². The lowest BCUT2D eigenvalue weighted by atomic mass is 10.3. The number of hydrogen-bond acceptors (Lipinski definition) is 3. The van der Waals surface area contributed by atoms with Crippen LogP contribution in [0.2, 0.25) is 0 Å². The highest BCUT2D eigenvalue weighted by Gasteiger charge is 2.12. The number of aromatic nitrogens is 1. The highest BCUT2D eigenvalue weighted by atomic mass is 16.5. The second kappa shape index (κ2) is 5.53. The molecule has 5 nitrogen and oxygen atoms in total. The van der Waals surface area contributed by atoms with Crippen LogP contribution in [0.5, 0.6) is 0 Å². The van der Waals surface area contributed by atoms with E-state index in [0.29, 0.717) is 6.54 Å². The molecule has 15 heavy (non-hydrogen) atoms. The molecule has 0 fully saturated rings. The number of ether oxygens (including phenoxy) is 1. The highest BCUT2D eigenvalue weighted by Crippen LogP contribution is 1.98. The van der Waals surface area contributed by atoms with E-state index in [9.17, 15) is 4.79 Å². The Hall–Kier alpha value is -1.33. The van der Waals surface area contributed by atoms with Gasteiger partial charge < -0.3 is 20.4 Å². The van der Waals surface area contributed by atoms with Crippen LogP contribution in [-0.2, 0) is 23.1 Å². The average molecular weight is 211 g/mol. The van der Waals surface area contributed by atoms with Gasteiger partial charge in [0.25, 0.3) is 0 Å². The van der Waals surface area contributed by atoms with E-state index in [-0.39, 0.29) is 12.5 Å². The topological polar surface area (TPSA) is 69.3 Å². The maximum absolute atomic E-state index is 11.4. The van der Waals surface area contributed by atoms with Gasteiger partial charge in [-0.05, 0) is 12.1 Å². The first-order valence-corrected chi connectivity index (χ1v) is 4.77. The average Bonchev–Trinajstić information content (AvgIpc) is 2.61. The van der Waals surface area contributed by atoms with Gasteiger partial charge in [0.1, 0.15) is 6.04 Å². The maximum Gasteiger partial charge on any atom is 0.239 e. The SMILES string of the molecule is COCC(N)C(=O)NCc1cccn1C.